The second kappa shape index (κ2) is 7.19. The summed E-state index contributed by atoms with van der Waals surface area (Å²) in [5.74, 6) is -0.688. The SMILES string of the molecule is Cc1nc(=O)c(-c2ccccc2)c(C)n1-c1cccc(/C=C/C(=O)[O-])c1. The second-order valence-electron chi connectivity index (χ2n) is 5.87. The van der Waals surface area contributed by atoms with E-state index in [-0.39, 0.29) is 5.56 Å². The van der Waals surface area contributed by atoms with Gasteiger partial charge in [-0.1, -0.05) is 48.5 Å². The van der Waals surface area contributed by atoms with Crippen LogP contribution in [0.15, 0.2) is 65.5 Å². The number of hydrogen-bond acceptors (Lipinski definition) is 4. The van der Waals surface area contributed by atoms with E-state index in [1.807, 2.05) is 60.0 Å². The van der Waals surface area contributed by atoms with Gasteiger partial charge in [0.05, 0.1) is 11.5 Å². The molecule has 0 radical (unpaired) electrons. The molecule has 2 aromatic carbocycles. The summed E-state index contributed by atoms with van der Waals surface area (Å²) in [6.45, 7) is 3.65. The number of carboxylic acid groups (broad SMARTS) is 1. The van der Waals surface area contributed by atoms with Gasteiger partial charge in [-0.2, -0.15) is 4.98 Å². The van der Waals surface area contributed by atoms with Gasteiger partial charge in [0.1, 0.15) is 5.82 Å². The van der Waals surface area contributed by atoms with Gasteiger partial charge in [-0.15, -0.1) is 0 Å². The molecule has 0 fully saturated rings. The molecular formula is C21H17N2O3-. The molecule has 5 heteroatoms. The third kappa shape index (κ3) is 3.47. The number of benzene rings is 2. The molecular weight excluding hydrogens is 328 g/mol. The standard InChI is InChI=1S/C21H18N2O3/c1-14-20(17-8-4-3-5-9-17)21(26)22-15(2)23(14)18-10-6-7-16(13-18)11-12-19(24)25/h3-13H,1-2H3,(H,24,25)/p-1/b12-11+. The fourth-order valence-corrected chi connectivity index (χ4v) is 3.01. The number of aromatic nitrogens is 2. The number of aliphatic carboxylic acids is 1. The van der Waals surface area contributed by atoms with E-state index in [4.69, 9.17) is 0 Å². The Morgan fingerprint density at radius 1 is 1.08 bits per heavy atom. The van der Waals surface area contributed by atoms with Gasteiger partial charge in [0.2, 0.25) is 0 Å². The molecule has 5 nitrogen and oxygen atoms in total. The Morgan fingerprint density at radius 2 is 1.81 bits per heavy atom. The minimum absolute atomic E-state index is 0.268. The van der Waals surface area contributed by atoms with E-state index in [1.54, 1.807) is 13.0 Å². The van der Waals surface area contributed by atoms with Crippen molar-refractivity contribution in [1.82, 2.24) is 9.55 Å². The summed E-state index contributed by atoms with van der Waals surface area (Å²) >= 11 is 0. The van der Waals surface area contributed by atoms with E-state index in [0.29, 0.717) is 17.0 Å². The first-order valence-corrected chi connectivity index (χ1v) is 8.12. The van der Waals surface area contributed by atoms with Crippen LogP contribution in [-0.2, 0) is 4.79 Å². The van der Waals surface area contributed by atoms with Gasteiger partial charge in [-0.3, -0.25) is 4.79 Å². The number of carbonyl (C=O) groups excluding carboxylic acids is 1. The molecule has 0 saturated carbocycles. The highest BCUT2D eigenvalue weighted by atomic mass is 16.4. The fraction of sp³-hybridized carbons (Fsp3) is 0.0952. The van der Waals surface area contributed by atoms with Crippen LogP contribution < -0.4 is 10.7 Å². The normalized spacial score (nSPS) is 11.0. The second-order valence-corrected chi connectivity index (χ2v) is 5.87. The maximum atomic E-state index is 12.5. The Hall–Kier alpha value is -3.47. The lowest BCUT2D eigenvalue weighted by Gasteiger charge is -2.17. The molecule has 3 rings (SSSR count). The highest BCUT2D eigenvalue weighted by Gasteiger charge is 2.14. The molecule has 0 unspecified atom stereocenters. The molecule has 130 valence electrons. The maximum Gasteiger partial charge on any atom is 0.281 e. The summed E-state index contributed by atoms with van der Waals surface area (Å²) in [5.41, 5.74) is 3.37. The molecule has 0 aliphatic rings. The van der Waals surface area contributed by atoms with Crippen LogP contribution >= 0.6 is 0 Å². The van der Waals surface area contributed by atoms with Crippen molar-refractivity contribution in [3.8, 4) is 16.8 Å². The van der Waals surface area contributed by atoms with Gasteiger partial charge in [0.25, 0.3) is 5.56 Å². The minimum atomic E-state index is -1.25. The molecule has 0 spiro atoms. The molecule has 1 heterocycles. The Labute approximate surface area is 150 Å². The van der Waals surface area contributed by atoms with E-state index in [1.165, 1.54) is 6.08 Å². The molecule has 26 heavy (non-hydrogen) atoms. The van der Waals surface area contributed by atoms with Gasteiger partial charge in [-0.05, 0) is 43.2 Å². The third-order valence-corrected chi connectivity index (χ3v) is 4.10. The van der Waals surface area contributed by atoms with Crippen LogP contribution in [0, 0.1) is 13.8 Å². The summed E-state index contributed by atoms with van der Waals surface area (Å²) in [5, 5.41) is 10.6. The Morgan fingerprint density at radius 3 is 2.50 bits per heavy atom. The summed E-state index contributed by atoms with van der Waals surface area (Å²) < 4.78 is 1.89. The molecule has 0 aliphatic heterocycles. The Balaban J connectivity index is 2.19. The summed E-state index contributed by atoms with van der Waals surface area (Å²) in [6.07, 6.45) is 2.45. The van der Waals surface area contributed by atoms with E-state index in [2.05, 4.69) is 4.98 Å². The summed E-state index contributed by atoms with van der Waals surface area (Å²) in [7, 11) is 0. The van der Waals surface area contributed by atoms with E-state index < -0.39 is 5.97 Å². The van der Waals surface area contributed by atoms with Gasteiger partial charge >= 0.3 is 0 Å². The molecule has 3 aromatic rings. The number of nitrogens with zero attached hydrogens (tertiary/aromatic N) is 2. The molecule has 0 atom stereocenters. The monoisotopic (exact) mass is 345 g/mol. The summed E-state index contributed by atoms with van der Waals surface area (Å²) in [6, 6.07) is 16.7. The van der Waals surface area contributed by atoms with Crippen LogP contribution in [0.3, 0.4) is 0 Å². The maximum absolute atomic E-state index is 12.5. The molecule has 0 amide bonds. The Kier molecular flexibility index (Phi) is 4.80. The van der Waals surface area contributed by atoms with E-state index in [9.17, 15) is 14.7 Å². The lowest BCUT2D eigenvalue weighted by atomic mass is 10.1. The van der Waals surface area contributed by atoms with Crippen LogP contribution in [-0.4, -0.2) is 15.5 Å². The lowest BCUT2D eigenvalue weighted by molar-refractivity contribution is -0.297. The van der Waals surface area contributed by atoms with Crippen molar-refractivity contribution in [2.24, 2.45) is 0 Å². The van der Waals surface area contributed by atoms with Crippen LogP contribution in [0.25, 0.3) is 22.9 Å². The van der Waals surface area contributed by atoms with Crippen molar-refractivity contribution in [1.29, 1.82) is 0 Å². The first-order valence-electron chi connectivity index (χ1n) is 8.12. The molecule has 0 aliphatic carbocycles. The summed E-state index contributed by atoms with van der Waals surface area (Å²) in [4.78, 5) is 27.3. The van der Waals surface area contributed by atoms with Crippen molar-refractivity contribution in [3.05, 3.63) is 88.1 Å². The number of carbonyl (C=O) groups is 1. The van der Waals surface area contributed by atoms with Crippen LogP contribution in [0.2, 0.25) is 0 Å². The van der Waals surface area contributed by atoms with Gasteiger partial charge in [0.15, 0.2) is 0 Å². The number of carboxylic acids is 1. The molecule has 0 bridgehead atoms. The topological polar surface area (TPSA) is 75.0 Å². The Bertz CT molecular complexity index is 1050. The quantitative estimate of drug-likeness (QED) is 0.680. The third-order valence-electron chi connectivity index (χ3n) is 4.10. The number of aryl methyl sites for hydroxylation is 1. The van der Waals surface area contributed by atoms with Crippen LogP contribution in [0.5, 0.6) is 0 Å². The zero-order valence-corrected chi connectivity index (χ0v) is 14.5. The molecule has 0 saturated heterocycles. The van der Waals surface area contributed by atoms with Crippen LogP contribution in [0.4, 0.5) is 0 Å². The van der Waals surface area contributed by atoms with Gasteiger partial charge in [-0.25, -0.2) is 0 Å². The van der Waals surface area contributed by atoms with E-state index >= 15 is 0 Å². The molecule has 0 N–H and O–H groups in total. The van der Waals surface area contributed by atoms with Gasteiger partial charge in [0, 0.05) is 11.4 Å². The van der Waals surface area contributed by atoms with Gasteiger partial charge < -0.3 is 14.5 Å². The predicted molar refractivity (Wildman–Crippen MR) is 98.8 cm³/mol. The van der Waals surface area contributed by atoms with Crippen molar-refractivity contribution in [2.45, 2.75) is 13.8 Å². The number of rotatable bonds is 4. The highest BCUT2D eigenvalue weighted by molar-refractivity contribution is 5.83. The molecule has 1 aromatic heterocycles. The van der Waals surface area contributed by atoms with Crippen molar-refractivity contribution in [3.63, 3.8) is 0 Å². The average Bonchev–Trinajstić information content (AvgIpc) is 2.61. The van der Waals surface area contributed by atoms with Crippen molar-refractivity contribution >= 4 is 12.0 Å². The minimum Gasteiger partial charge on any atom is -0.545 e. The van der Waals surface area contributed by atoms with E-state index in [0.717, 1.165) is 23.0 Å². The zero-order chi connectivity index (χ0) is 18.7. The highest BCUT2D eigenvalue weighted by Crippen LogP contribution is 2.23. The predicted octanol–water partition coefficient (Wildman–Crippen LogP) is 2.28. The van der Waals surface area contributed by atoms with Crippen LogP contribution in [0.1, 0.15) is 17.1 Å². The first-order chi connectivity index (χ1) is 12.5. The van der Waals surface area contributed by atoms with Crippen molar-refractivity contribution in [2.75, 3.05) is 0 Å². The largest absolute Gasteiger partial charge is 0.545 e. The smallest absolute Gasteiger partial charge is 0.281 e. The van der Waals surface area contributed by atoms with Crippen molar-refractivity contribution < 1.29 is 9.90 Å². The number of hydrogen-bond donors (Lipinski definition) is 0. The first kappa shape index (κ1) is 17.4. The lowest BCUT2D eigenvalue weighted by Crippen LogP contribution is -2.20. The average molecular weight is 345 g/mol. The zero-order valence-electron chi connectivity index (χ0n) is 14.5. The fourth-order valence-electron chi connectivity index (χ4n) is 3.01.